The molecule has 1 atom stereocenters. The van der Waals surface area contributed by atoms with Crippen molar-refractivity contribution < 1.29 is 9.32 Å². The van der Waals surface area contributed by atoms with Crippen LogP contribution in [0, 0.1) is 5.92 Å². The molecular weight excluding hydrogens is 412 g/mol. The van der Waals surface area contributed by atoms with Crippen LogP contribution >= 0.6 is 23.1 Å². The summed E-state index contributed by atoms with van der Waals surface area (Å²) in [5.41, 5.74) is 0. The SMILES string of the molecule is CCSc1nnc(NC(=O)C2CCCN(Cc3nc(-c4ncccn4)no3)C2)s1. The Labute approximate surface area is 175 Å². The summed E-state index contributed by atoms with van der Waals surface area (Å²) in [6.45, 7) is 4.04. The summed E-state index contributed by atoms with van der Waals surface area (Å²) in [6.07, 6.45) is 5.03. The molecule has 1 unspecified atom stereocenters. The van der Waals surface area contributed by atoms with Gasteiger partial charge in [0.2, 0.25) is 28.6 Å². The summed E-state index contributed by atoms with van der Waals surface area (Å²) < 4.78 is 6.20. The van der Waals surface area contributed by atoms with Gasteiger partial charge in [0.05, 0.1) is 12.5 Å². The van der Waals surface area contributed by atoms with Crippen LogP contribution in [0.1, 0.15) is 25.7 Å². The first-order valence-corrected chi connectivity index (χ1v) is 11.1. The lowest BCUT2D eigenvalue weighted by Gasteiger charge is -2.30. The van der Waals surface area contributed by atoms with Gasteiger partial charge in [-0.1, -0.05) is 35.2 Å². The number of aromatic nitrogens is 6. The minimum atomic E-state index is -0.116. The van der Waals surface area contributed by atoms with Crippen LogP contribution in [-0.2, 0) is 11.3 Å². The molecule has 0 aromatic carbocycles. The van der Waals surface area contributed by atoms with Gasteiger partial charge >= 0.3 is 0 Å². The van der Waals surface area contributed by atoms with Gasteiger partial charge in [-0.3, -0.25) is 9.69 Å². The van der Waals surface area contributed by atoms with Crippen molar-refractivity contribution in [2.75, 3.05) is 24.2 Å². The third kappa shape index (κ3) is 5.14. The Morgan fingerprint density at radius 2 is 2.21 bits per heavy atom. The molecule has 1 fully saturated rings. The highest BCUT2D eigenvalue weighted by atomic mass is 32.2. The van der Waals surface area contributed by atoms with Crippen LogP contribution in [0.15, 0.2) is 27.3 Å². The number of likely N-dealkylation sites (tertiary alicyclic amines) is 1. The maximum Gasteiger partial charge on any atom is 0.241 e. The summed E-state index contributed by atoms with van der Waals surface area (Å²) in [6, 6.07) is 1.73. The molecule has 4 rings (SSSR count). The van der Waals surface area contributed by atoms with E-state index in [1.165, 1.54) is 11.3 Å². The molecule has 0 spiro atoms. The number of carbonyl (C=O) groups excluding carboxylic acids is 1. The first-order chi connectivity index (χ1) is 14.2. The van der Waals surface area contributed by atoms with E-state index < -0.39 is 0 Å². The molecule has 10 nitrogen and oxygen atoms in total. The van der Waals surface area contributed by atoms with Gasteiger partial charge in [-0.2, -0.15) is 4.98 Å². The van der Waals surface area contributed by atoms with Crippen LogP contribution in [-0.4, -0.2) is 60.0 Å². The molecule has 3 aromatic heterocycles. The Hall–Kier alpha value is -2.44. The molecular formula is C17H20N8O2S2. The molecule has 3 aromatic rings. The normalized spacial score (nSPS) is 17.3. The summed E-state index contributed by atoms with van der Waals surface area (Å²) >= 11 is 3.02. The number of anilines is 1. The molecule has 0 saturated carbocycles. The third-order valence-corrected chi connectivity index (χ3v) is 6.23. The zero-order valence-electron chi connectivity index (χ0n) is 15.8. The lowest BCUT2D eigenvalue weighted by Crippen LogP contribution is -2.40. The molecule has 1 N–H and O–H groups in total. The lowest BCUT2D eigenvalue weighted by atomic mass is 9.97. The molecule has 152 valence electrons. The van der Waals surface area contributed by atoms with Crippen molar-refractivity contribution in [1.29, 1.82) is 0 Å². The number of rotatable bonds is 7. The smallest absolute Gasteiger partial charge is 0.241 e. The van der Waals surface area contributed by atoms with Crippen LogP contribution < -0.4 is 5.32 Å². The molecule has 0 radical (unpaired) electrons. The van der Waals surface area contributed by atoms with Crippen molar-refractivity contribution in [2.45, 2.75) is 30.6 Å². The zero-order chi connectivity index (χ0) is 20.1. The molecule has 1 aliphatic rings. The molecule has 29 heavy (non-hydrogen) atoms. The summed E-state index contributed by atoms with van der Waals surface area (Å²) in [5.74, 6) is 2.06. The predicted octanol–water partition coefficient (Wildman–Crippen LogP) is 2.34. The maximum absolute atomic E-state index is 12.6. The summed E-state index contributed by atoms with van der Waals surface area (Å²) in [5, 5.41) is 15.5. The van der Waals surface area contributed by atoms with Crippen LogP contribution in [0.3, 0.4) is 0 Å². The quantitative estimate of drug-likeness (QED) is 0.439. The topological polar surface area (TPSA) is 123 Å². The monoisotopic (exact) mass is 432 g/mol. The second-order valence-electron chi connectivity index (χ2n) is 6.45. The Kier molecular flexibility index (Phi) is 6.42. The number of nitrogens with zero attached hydrogens (tertiary/aromatic N) is 7. The molecule has 0 aliphatic carbocycles. The fourth-order valence-electron chi connectivity index (χ4n) is 3.08. The number of hydrogen-bond acceptors (Lipinski definition) is 11. The first kappa shape index (κ1) is 19.9. The second-order valence-corrected chi connectivity index (χ2v) is 8.94. The maximum atomic E-state index is 12.6. The number of piperidine rings is 1. The van der Waals surface area contributed by atoms with Crippen LogP contribution in [0.5, 0.6) is 0 Å². The molecule has 1 amide bonds. The number of thioether (sulfide) groups is 1. The van der Waals surface area contributed by atoms with Gasteiger partial charge in [0, 0.05) is 18.9 Å². The summed E-state index contributed by atoms with van der Waals surface area (Å²) in [7, 11) is 0. The number of nitrogens with one attached hydrogen (secondary N) is 1. The van der Waals surface area contributed by atoms with E-state index in [0.29, 0.717) is 35.8 Å². The van der Waals surface area contributed by atoms with Gasteiger partial charge in [-0.15, -0.1) is 10.2 Å². The highest BCUT2D eigenvalue weighted by Crippen LogP contribution is 2.26. The van der Waals surface area contributed by atoms with Crippen molar-refractivity contribution in [2.24, 2.45) is 5.92 Å². The molecule has 0 bridgehead atoms. The number of hydrogen-bond donors (Lipinski definition) is 1. The minimum Gasteiger partial charge on any atom is -0.337 e. The Morgan fingerprint density at radius 1 is 1.34 bits per heavy atom. The number of amides is 1. The van der Waals surface area contributed by atoms with Crippen LogP contribution in [0.4, 0.5) is 5.13 Å². The standard InChI is InChI=1S/C17H20N8O2S2/c1-2-28-17-23-22-16(29-17)21-15(26)11-5-3-8-25(9-11)10-12-20-14(24-27-12)13-18-6-4-7-19-13/h4,6-7,11H,2-3,5,8-10H2,1H3,(H,21,22,26). The second kappa shape index (κ2) is 9.37. The van der Waals surface area contributed by atoms with E-state index in [2.05, 4.69) is 47.4 Å². The van der Waals surface area contributed by atoms with Crippen LogP contribution in [0.2, 0.25) is 0 Å². The van der Waals surface area contributed by atoms with Gasteiger partial charge in [0.15, 0.2) is 4.34 Å². The third-order valence-electron chi connectivity index (χ3n) is 4.37. The Bertz CT molecular complexity index is 948. The fraction of sp³-hybridized carbons (Fsp3) is 0.471. The highest BCUT2D eigenvalue weighted by molar-refractivity contribution is 8.01. The van der Waals surface area contributed by atoms with Gasteiger partial charge in [0.25, 0.3) is 0 Å². The average molecular weight is 433 g/mol. The van der Waals surface area contributed by atoms with E-state index in [1.54, 1.807) is 30.2 Å². The van der Waals surface area contributed by atoms with Gasteiger partial charge in [-0.25, -0.2) is 9.97 Å². The van der Waals surface area contributed by atoms with Gasteiger partial charge in [0.1, 0.15) is 0 Å². The van der Waals surface area contributed by atoms with E-state index in [0.717, 1.165) is 29.5 Å². The molecule has 12 heteroatoms. The van der Waals surface area contributed by atoms with E-state index >= 15 is 0 Å². The predicted molar refractivity (Wildman–Crippen MR) is 108 cm³/mol. The lowest BCUT2D eigenvalue weighted by molar-refractivity contribution is -0.121. The molecule has 1 aliphatic heterocycles. The van der Waals surface area contributed by atoms with Gasteiger partial charge < -0.3 is 9.84 Å². The fourth-order valence-corrected chi connectivity index (χ4v) is 4.73. The van der Waals surface area contributed by atoms with E-state index in [-0.39, 0.29) is 11.8 Å². The van der Waals surface area contributed by atoms with Gasteiger partial charge in [-0.05, 0) is 31.2 Å². The first-order valence-electron chi connectivity index (χ1n) is 9.30. The van der Waals surface area contributed by atoms with Crippen molar-refractivity contribution >= 4 is 34.1 Å². The van der Waals surface area contributed by atoms with E-state index in [1.807, 2.05) is 0 Å². The highest BCUT2D eigenvalue weighted by Gasteiger charge is 2.27. The van der Waals surface area contributed by atoms with Crippen LogP contribution in [0.25, 0.3) is 11.6 Å². The Balaban J connectivity index is 1.33. The van der Waals surface area contributed by atoms with E-state index in [9.17, 15) is 4.79 Å². The largest absolute Gasteiger partial charge is 0.337 e. The summed E-state index contributed by atoms with van der Waals surface area (Å²) in [4.78, 5) is 27.4. The van der Waals surface area contributed by atoms with Crippen molar-refractivity contribution in [1.82, 2.24) is 35.2 Å². The van der Waals surface area contributed by atoms with Crippen molar-refractivity contribution in [3.05, 3.63) is 24.4 Å². The van der Waals surface area contributed by atoms with E-state index in [4.69, 9.17) is 4.52 Å². The number of carbonyl (C=O) groups is 1. The van der Waals surface area contributed by atoms with Crippen molar-refractivity contribution in [3.63, 3.8) is 0 Å². The average Bonchev–Trinajstić information content (AvgIpc) is 3.39. The molecule has 1 saturated heterocycles. The zero-order valence-corrected chi connectivity index (χ0v) is 17.4. The van der Waals surface area contributed by atoms with Crippen molar-refractivity contribution in [3.8, 4) is 11.6 Å². The minimum absolute atomic E-state index is 0.0252. The molecule has 4 heterocycles. The Morgan fingerprint density at radius 3 is 3.03 bits per heavy atom.